The Hall–Kier alpha value is -0.980. The zero-order chi connectivity index (χ0) is 13.6. The summed E-state index contributed by atoms with van der Waals surface area (Å²) in [4.78, 5) is 0. The van der Waals surface area contributed by atoms with Crippen LogP contribution in [0.25, 0.3) is 0 Å². The molecule has 1 aliphatic rings. The Morgan fingerprint density at radius 1 is 1.44 bits per heavy atom. The molecule has 1 saturated carbocycles. The van der Waals surface area contributed by atoms with Crippen molar-refractivity contribution in [2.45, 2.75) is 23.6 Å². The first-order chi connectivity index (χ1) is 8.36. The van der Waals surface area contributed by atoms with E-state index >= 15 is 0 Å². The van der Waals surface area contributed by atoms with Gasteiger partial charge in [0.15, 0.2) is 9.84 Å². The van der Waals surface area contributed by atoms with Gasteiger partial charge in [-0.1, -0.05) is 19.1 Å². The van der Waals surface area contributed by atoms with Crippen molar-refractivity contribution in [2.24, 2.45) is 11.5 Å². The first-order valence-corrected chi connectivity index (χ1v) is 7.54. The maximum atomic E-state index is 13.2. The minimum Gasteiger partial charge on any atom is -0.329 e. The van der Waals surface area contributed by atoms with Gasteiger partial charge in [0.05, 0.1) is 10.8 Å². The summed E-state index contributed by atoms with van der Waals surface area (Å²) in [6.45, 7) is 1.64. The lowest BCUT2D eigenvalue weighted by atomic mass is 10.1. The SMILES string of the molecule is CCS(=O)(=O)[C@H]1[C@H](c2cccc(F)c2)[C@@]1(N)CN. The van der Waals surface area contributed by atoms with Gasteiger partial charge in [0, 0.05) is 18.2 Å². The van der Waals surface area contributed by atoms with E-state index in [1.54, 1.807) is 19.1 Å². The van der Waals surface area contributed by atoms with E-state index in [0.29, 0.717) is 5.56 Å². The van der Waals surface area contributed by atoms with Crippen LogP contribution in [-0.4, -0.2) is 31.5 Å². The summed E-state index contributed by atoms with van der Waals surface area (Å²) in [6, 6.07) is 5.88. The molecule has 1 aromatic carbocycles. The molecule has 0 amide bonds. The molecule has 18 heavy (non-hydrogen) atoms. The van der Waals surface area contributed by atoms with Gasteiger partial charge < -0.3 is 11.5 Å². The average molecular weight is 272 g/mol. The molecule has 0 saturated heterocycles. The topological polar surface area (TPSA) is 86.2 Å². The summed E-state index contributed by atoms with van der Waals surface area (Å²) < 4.78 is 37.1. The van der Waals surface area contributed by atoms with Gasteiger partial charge >= 0.3 is 0 Å². The fourth-order valence-electron chi connectivity index (χ4n) is 2.57. The van der Waals surface area contributed by atoms with E-state index in [1.807, 2.05) is 0 Å². The highest BCUT2D eigenvalue weighted by molar-refractivity contribution is 7.92. The number of rotatable bonds is 4. The van der Waals surface area contributed by atoms with Crippen molar-refractivity contribution < 1.29 is 12.8 Å². The van der Waals surface area contributed by atoms with Crippen LogP contribution in [0.2, 0.25) is 0 Å². The number of hydrogen-bond acceptors (Lipinski definition) is 4. The molecule has 0 heterocycles. The maximum Gasteiger partial charge on any atom is 0.155 e. The second-order valence-electron chi connectivity index (χ2n) is 4.72. The quantitative estimate of drug-likeness (QED) is 0.830. The average Bonchev–Trinajstić information content (AvgIpc) is 2.98. The van der Waals surface area contributed by atoms with Gasteiger partial charge in [-0.3, -0.25) is 0 Å². The largest absolute Gasteiger partial charge is 0.329 e. The molecule has 1 aromatic rings. The first kappa shape index (κ1) is 13.5. The van der Waals surface area contributed by atoms with E-state index < -0.39 is 32.4 Å². The summed E-state index contributed by atoms with van der Waals surface area (Å²) >= 11 is 0. The smallest absolute Gasteiger partial charge is 0.155 e. The molecule has 2 rings (SSSR count). The van der Waals surface area contributed by atoms with Gasteiger partial charge in [0.25, 0.3) is 0 Å². The standard InChI is InChI=1S/C12H17FN2O2S/c1-2-18(16,17)11-10(12(11,15)7-14)8-4-3-5-9(13)6-8/h3-6,10-11H,2,7,14-15H2,1H3/t10-,11-,12-/m0/s1. The predicted molar refractivity (Wildman–Crippen MR) is 68.4 cm³/mol. The Labute approximate surface area is 106 Å². The summed E-state index contributed by atoms with van der Waals surface area (Å²) in [5.74, 6) is -0.794. The molecule has 3 atom stereocenters. The highest BCUT2D eigenvalue weighted by atomic mass is 32.2. The lowest BCUT2D eigenvalue weighted by Gasteiger charge is -2.07. The van der Waals surface area contributed by atoms with Crippen LogP contribution in [0, 0.1) is 5.82 Å². The molecule has 4 nitrogen and oxygen atoms in total. The van der Waals surface area contributed by atoms with Crippen molar-refractivity contribution in [3.8, 4) is 0 Å². The highest BCUT2D eigenvalue weighted by Crippen LogP contribution is 2.53. The number of benzene rings is 1. The first-order valence-electron chi connectivity index (χ1n) is 5.83. The Morgan fingerprint density at radius 2 is 2.11 bits per heavy atom. The lowest BCUT2D eigenvalue weighted by molar-refractivity contribution is 0.587. The molecule has 0 unspecified atom stereocenters. The van der Waals surface area contributed by atoms with Crippen molar-refractivity contribution in [3.63, 3.8) is 0 Å². The van der Waals surface area contributed by atoms with Crippen LogP contribution in [0.15, 0.2) is 24.3 Å². The van der Waals surface area contributed by atoms with Crippen LogP contribution in [0.3, 0.4) is 0 Å². The molecule has 0 radical (unpaired) electrons. The third-order valence-corrected chi connectivity index (χ3v) is 5.94. The minimum absolute atomic E-state index is 0.0163. The Kier molecular flexibility index (Phi) is 3.21. The summed E-state index contributed by atoms with van der Waals surface area (Å²) in [7, 11) is -3.28. The number of hydrogen-bond donors (Lipinski definition) is 2. The molecular formula is C12H17FN2O2S. The van der Waals surface area contributed by atoms with Gasteiger partial charge in [-0.15, -0.1) is 0 Å². The van der Waals surface area contributed by atoms with Crippen LogP contribution >= 0.6 is 0 Å². The molecule has 0 aromatic heterocycles. The zero-order valence-electron chi connectivity index (χ0n) is 10.1. The number of nitrogens with two attached hydrogens (primary N) is 2. The van der Waals surface area contributed by atoms with Crippen LogP contribution < -0.4 is 11.5 Å². The summed E-state index contributed by atoms with van der Waals surface area (Å²) in [5.41, 5.74) is 11.3. The van der Waals surface area contributed by atoms with Gasteiger partial charge in [-0.25, -0.2) is 12.8 Å². The monoisotopic (exact) mass is 272 g/mol. The fourth-order valence-corrected chi connectivity index (χ4v) is 4.59. The van der Waals surface area contributed by atoms with E-state index in [4.69, 9.17) is 11.5 Å². The minimum atomic E-state index is -3.28. The zero-order valence-corrected chi connectivity index (χ0v) is 11.0. The molecule has 0 aliphatic heterocycles. The second kappa shape index (κ2) is 4.29. The fraction of sp³-hybridized carbons (Fsp3) is 0.500. The van der Waals surface area contributed by atoms with Crippen LogP contribution in [0.1, 0.15) is 18.4 Å². The van der Waals surface area contributed by atoms with Crippen molar-refractivity contribution in [3.05, 3.63) is 35.6 Å². The number of halogens is 1. The van der Waals surface area contributed by atoms with E-state index in [1.165, 1.54) is 12.1 Å². The molecule has 6 heteroatoms. The van der Waals surface area contributed by atoms with E-state index in [-0.39, 0.29) is 12.3 Å². The van der Waals surface area contributed by atoms with Gasteiger partial charge in [-0.2, -0.15) is 0 Å². The third kappa shape index (κ3) is 1.94. The van der Waals surface area contributed by atoms with E-state index in [2.05, 4.69) is 0 Å². The van der Waals surface area contributed by atoms with Crippen molar-refractivity contribution in [1.29, 1.82) is 0 Å². The summed E-state index contributed by atoms with van der Waals surface area (Å²) in [5, 5.41) is -0.707. The predicted octanol–water partition coefficient (Wildman–Crippen LogP) is 0.382. The van der Waals surface area contributed by atoms with E-state index in [0.717, 1.165) is 0 Å². The number of sulfone groups is 1. The normalized spacial score (nSPS) is 31.3. The Bertz CT molecular complexity index is 561. The molecule has 4 N–H and O–H groups in total. The molecule has 1 aliphatic carbocycles. The Morgan fingerprint density at radius 3 is 2.61 bits per heavy atom. The van der Waals surface area contributed by atoms with Crippen LogP contribution in [0.4, 0.5) is 4.39 Å². The van der Waals surface area contributed by atoms with Crippen molar-refractivity contribution in [2.75, 3.05) is 12.3 Å². The second-order valence-corrected chi connectivity index (χ2v) is 7.13. The summed E-state index contributed by atoms with van der Waals surface area (Å²) in [6.07, 6.45) is 0. The molecule has 0 spiro atoms. The van der Waals surface area contributed by atoms with E-state index in [9.17, 15) is 12.8 Å². The van der Waals surface area contributed by atoms with Crippen molar-refractivity contribution >= 4 is 9.84 Å². The molecule has 1 fully saturated rings. The lowest BCUT2D eigenvalue weighted by Crippen LogP contribution is -2.39. The van der Waals surface area contributed by atoms with Gasteiger partial charge in [-0.05, 0) is 17.7 Å². The third-order valence-electron chi connectivity index (χ3n) is 3.65. The van der Waals surface area contributed by atoms with Gasteiger partial charge in [0.2, 0.25) is 0 Å². The van der Waals surface area contributed by atoms with Crippen molar-refractivity contribution in [1.82, 2.24) is 0 Å². The Balaban J connectivity index is 2.40. The molecular weight excluding hydrogens is 255 g/mol. The molecule has 100 valence electrons. The molecule has 0 bridgehead atoms. The van der Waals surface area contributed by atoms with Crippen LogP contribution in [-0.2, 0) is 9.84 Å². The van der Waals surface area contributed by atoms with Crippen LogP contribution in [0.5, 0.6) is 0 Å². The van der Waals surface area contributed by atoms with Gasteiger partial charge in [0.1, 0.15) is 5.82 Å². The highest BCUT2D eigenvalue weighted by Gasteiger charge is 2.67. The maximum absolute atomic E-state index is 13.2.